The van der Waals surface area contributed by atoms with E-state index in [4.69, 9.17) is 4.74 Å². The summed E-state index contributed by atoms with van der Waals surface area (Å²) in [6.07, 6.45) is 3.56. The molecule has 3 aromatic rings. The van der Waals surface area contributed by atoms with Crippen LogP contribution in [0.2, 0.25) is 0 Å². The third-order valence-corrected chi connectivity index (χ3v) is 9.03. The number of hydrogen-bond acceptors (Lipinski definition) is 5. The normalized spacial score (nSPS) is 12.6. The highest BCUT2D eigenvalue weighted by molar-refractivity contribution is 9.10. The van der Waals surface area contributed by atoms with E-state index >= 15 is 0 Å². The summed E-state index contributed by atoms with van der Waals surface area (Å²) in [5.41, 5.74) is 10.9. The van der Waals surface area contributed by atoms with Crippen LogP contribution in [0.15, 0.2) is 28.7 Å². The van der Waals surface area contributed by atoms with Crippen LogP contribution in [0.3, 0.4) is 0 Å². The number of aldehydes is 1. The predicted octanol–water partition coefficient (Wildman–Crippen LogP) is 7.26. The summed E-state index contributed by atoms with van der Waals surface area (Å²) < 4.78 is 8.96. The second-order valence-corrected chi connectivity index (χ2v) is 10.6. The van der Waals surface area contributed by atoms with E-state index in [-0.39, 0.29) is 0 Å². The molecular weight excluding hydrogens is 490 g/mol. The lowest BCUT2D eigenvalue weighted by Gasteiger charge is -2.34. The van der Waals surface area contributed by atoms with Gasteiger partial charge >= 0.3 is 0 Å². The Morgan fingerprint density at radius 2 is 1.84 bits per heavy atom. The van der Waals surface area contributed by atoms with Crippen molar-refractivity contribution < 1.29 is 9.53 Å². The molecular formula is C25H26BrNO2S2. The molecule has 0 saturated carbocycles. The van der Waals surface area contributed by atoms with Gasteiger partial charge in [0, 0.05) is 45.1 Å². The standard InChI is InChI=1S/C25H26BrNO2S2/c1-14-6-8-17(9-7-14)21-16(3)22-23-19(31-20(13-29-4)24(23)26)12-27(30-5)25(22)15(2)18(21)10-11-28/h6-9,11H,10,12-13H2,1-5H3. The zero-order chi connectivity index (χ0) is 22.3. The van der Waals surface area contributed by atoms with Crippen molar-refractivity contribution in [2.45, 2.75) is 40.3 Å². The lowest BCUT2D eigenvalue weighted by atomic mass is 9.82. The molecule has 0 radical (unpaired) electrons. The Bertz CT molecular complexity index is 1150. The molecule has 0 atom stereocenters. The number of carbonyl (C=O) groups is 1. The monoisotopic (exact) mass is 515 g/mol. The van der Waals surface area contributed by atoms with Crippen molar-refractivity contribution in [1.29, 1.82) is 0 Å². The molecule has 162 valence electrons. The number of nitrogens with zero attached hydrogens (tertiary/aromatic N) is 1. The van der Waals surface area contributed by atoms with E-state index in [1.165, 1.54) is 48.8 Å². The summed E-state index contributed by atoms with van der Waals surface area (Å²) in [7, 11) is 1.74. The number of thiophene rings is 1. The van der Waals surface area contributed by atoms with Crippen LogP contribution in [0.5, 0.6) is 0 Å². The van der Waals surface area contributed by atoms with Gasteiger partial charge in [0.2, 0.25) is 0 Å². The number of methoxy groups -OCH3 is 1. The lowest BCUT2D eigenvalue weighted by molar-refractivity contribution is -0.107. The van der Waals surface area contributed by atoms with E-state index in [0.29, 0.717) is 13.0 Å². The first-order valence-electron chi connectivity index (χ1n) is 10.2. The molecule has 0 saturated heterocycles. The van der Waals surface area contributed by atoms with Gasteiger partial charge in [0.05, 0.1) is 18.8 Å². The first-order valence-corrected chi connectivity index (χ1v) is 13.0. The van der Waals surface area contributed by atoms with Crippen LogP contribution in [0.4, 0.5) is 5.69 Å². The number of aryl methyl sites for hydroxylation is 1. The number of anilines is 1. The maximum Gasteiger partial charge on any atom is 0.124 e. The predicted molar refractivity (Wildman–Crippen MR) is 137 cm³/mol. The van der Waals surface area contributed by atoms with Crippen molar-refractivity contribution in [1.82, 2.24) is 0 Å². The van der Waals surface area contributed by atoms with Crippen LogP contribution in [0, 0.1) is 20.8 Å². The van der Waals surface area contributed by atoms with E-state index < -0.39 is 0 Å². The van der Waals surface area contributed by atoms with Crippen molar-refractivity contribution in [2.24, 2.45) is 0 Å². The summed E-state index contributed by atoms with van der Waals surface area (Å²) in [5, 5.41) is 0. The van der Waals surface area contributed by atoms with E-state index in [9.17, 15) is 4.79 Å². The van der Waals surface area contributed by atoms with Crippen molar-refractivity contribution >= 4 is 51.2 Å². The molecule has 2 heterocycles. The summed E-state index contributed by atoms with van der Waals surface area (Å²) in [6.45, 7) is 7.92. The first-order chi connectivity index (χ1) is 14.9. The van der Waals surface area contributed by atoms with Gasteiger partial charge in [-0.3, -0.25) is 0 Å². The van der Waals surface area contributed by atoms with Crippen LogP contribution < -0.4 is 4.31 Å². The van der Waals surface area contributed by atoms with Gasteiger partial charge in [-0.2, -0.15) is 0 Å². The second-order valence-electron chi connectivity index (χ2n) is 7.85. The number of halogens is 1. The average molecular weight is 517 g/mol. The second kappa shape index (κ2) is 9.10. The molecule has 3 nitrogen and oxygen atoms in total. The Labute approximate surface area is 201 Å². The number of carbonyl (C=O) groups excluding carboxylic acids is 1. The third-order valence-electron chi connectivity index (χ3n) is 6.00. The van der Waals surface area contributed by atoms with Crippen molar-refractivity contribution in [3.8, 4) is 22.3 Å². The first kappa shape index (κ1) is 22.6. The van der Waals surface area contributed by atoms with Gasteiger partial charge < -0.3 is 13.8 Å². The highest BCUT2D eigenvalue weighted by Crippen LogP contribution is 2.54. The molecule has 2 aromatic carbocycles. The molecule has 0 bridgehead atoms. The summed E-state index contributed by atoms with van der Waals surface area (Å²) in [5.74, 6) is 0. The zero-order valence-electron chi connectivity index (χ0n) is 18.5. The van der Waals surface area contributed by atoms with Gasteiger partial charge in [-0.25, -0.2) is 0 Å². The Kier molecular flexibility index (Phi) is 6.63. The summed E-state index contributed by atoms with van der Waals surface area (Å²) >= 11 is 7.45. The van der Waals surface area contributed by atoms with Crippen molar-refractivity contribution in [3.05, 3.63) is 60.7 Å². The largest absolute Gasteiger partial charge is 0.379 e. The summed E-state index contributed by atoms with van der Waals surface area (Å²) in [6, 6.07) is 8.63. The SMILES string of the molecule is COCc1sc2c(c1Br)-c1c(C)c(-c3ccc(C)cc3)c(CC=O)c(C)c1N(SC)C2. The van der Waals surface area contributed by atoms with Crippen LogP contribution in [-0.4, -0.2) is 19.7 Å². The van der Waals surface area contributed by atoms with Gasteiger partial charge in [-0.1, -0.05) is 41.8 Å². The molecule has 0 aliphatic carbocycles. The van der Waals surface area contributed by atoms with E-state index in [1.807, 2.05) is 11.3 Å². The Balaban J connectivity index is 2.10. The fraction of sp³-hybridized carbons (Fsp3) is 0.320. The van der Waals surface area contributed by atoms with E-state index in [0.717, 1.165) is 28.4 Å². The van der Waals surface area contributed by atoms with Crippen LogP contribution in [-0.2, 0) is 29.1 Å². The maximum atomic E-state index is 11.7. The number of benzene rings is 2. The fourth-order valence-corrected chi connectivity index (χ4v) is 7.41. The van der Waals surface area contributed by atoms with Gasteiger partial charge in [0.1, 0.15) is 6.29 Å². The van der Waals surface area contributed by atoms with Crippen molar-refractivity contribution in [3.63, 3.8) is 0 Å². The molecule has 1 aliphatic rings. The quantitative estimate of drug-likeness (QED) is 0.255. The number of rotatable bonds is 6. The van der Waals surface area contributed by atoms with Gasteiger partial charge in [-0.15, -0.1) is 11.3 Å². The van der Waals surface area contributed by atoms with Crippen LogP contribution in [0.25, 0.3) is 22.3 Å². The minimum absolute atomic E-state index is 0.415. The molecule has 6 heteroatoms. The minimum Gasteiger partial charge on any atom is -0.379 e. The topological polar surface area (TPSA) is 29.5 Å². The zero-order valence-corrected chi connectivity index (χ0v) is 21.7. The molecule has 31 heavy (non-hydrogen) atoms. The van der Waals surface area contributed by atoms with Gasteiger partial charge in [0.25, 0.3) is 0 Å². The molecule has 0 N–H and O–H groups in total. The third kappa shape index (κ3) is 3.78. The average Bonchev–Trinajstić information content (AvgIpc) is 3.07. The number of ether oxygens (including phenoxy) is 1. The Hall–Kier alpha value is -1.60. The molecule has 1 aromatic heterocycles. The highest BCUT2D eigenvalue weighted by atomic mass is 79.9. The fourth-order valence-electron chi connectivity index (χ4n) is 4.57. The lowest BCUT2D eigenvalue weighted by Crippen LogP contribution is -2.21. The smallest absolute Gasteiger partial charge is 0.124 e. The van der Waals surface area contributed by atoms with Crippen LogP contribution in [0.1, 0.15) is 32.0 Å². The van der Waals surface area contributed by atoms with Gasteiger partial charge in [0.15, 0.2) is 0 Å². The van der Waals surface area contributed by atoms with Crippen LogP contribution >= 0.6 is 39.2 Å². The highest BCUT2D eigenvalue weighted by Gasteiger charge is 2.33. The molecule has 0 spiro atoms. The molecule has 0 amide bonds. The van der Waals surface area contributed by atoms with E-state index in [1.54, 1.807) is 19.1 Å². The Morgan fingerprint density at radius 1 is 1.13 bits per heavy atom. The van der Waals surface area contributed by atoms with Crippen molar-refractivity contribution in [2.75, 3.05) is 17.7 Å². The number of fused-ring (bicyclic) bond motifs is 3. The van der Waals surface area contributed by atoms with Gasteiger partial charge in [-0.05, 0) is 64.5 Å². The molecule has 0 fully saturated rings. The van der Waals surface area contributed by atoms with E-state index in [2.05, 4.69) is 71.5 Å². The Morgan fingerprint density at radius 3 is 2.45 bits per heavy atom. The minimum atomic E-state index is 0.415. The molecule has 1 aliphatic heterocycles. The summed E-state index contributed by atoms with van der Waals surface area (Å²) in [4.78, 5) is 14.2. The molecule has 4 rings (SSSR count). The maximum absolute atomic E-state index is 11.7. The molecule has 0 unspecified atom stereocenters. The number of hydrogen-bond donors (Lipinski definition) is 0.